The maximum atomic E-state index is 13.3. The molecular formula is C20H15FN2O2. The van der Waals surface area contributed by atoms with Gasteiger partial charge in [-0.05, 0) is 35.9 Å². The minimum absolute atomic E-state index is 0.396. The molecule has 0 aliphatic rings. The van der Waals surface area contributed by atoms with E-state index in [0.29, 0.717) is 5.69 Å². The Labute approximate surface area is 143 Å². The van der Waals surface area contributed by atoms with Gasteiger partial charge in [0.05, 0.1) is 24.5 Å². The third-order valence-corrected chi connectivity index (χ3v) is 4.16. The highest BCUT2D eigenvalue weighted by Crippen LogP contribution is 2.32. The van der Waals surface area contributed by atoms with Gasteiger partial charge in [0.1, 0.15) is 5.75 Å². The predicted molar refractivity (Wildman–Crippen MR) is 94.7 cm³/mol. The highest BCUT2D eigenvalue weighted by Gasteiger charge is 2.10. The number of hydrogen-bond acceptors (Lipinski definition) is 3. The van der Waals surface area contributed by atoms with Crippen molar-refractivity contribution in [1.29, 1.82) is 0 Å². The van der Waals surface area contributed by atoms with Gasteiger partial charge in [-0.15, -0.1) is 0 Å². The summed E-state index contributed by atoms with van der Waals surface area (Å²) in [6, 6.07) is 17.9. The fraction of sp³-hybridized carbons (Fsp3) is 0.0500. The number of aromatic nitrogens is 2. The lowest BCUT2D eigenvalue weighted by Gasteiger charge is -2.09. The molecule has 4 nitrogen and oxygen atoms in total. The second-order valence-corrected chi connectivity index (χ2v) is 5.67. The van der Waals surface area contributed by atoms with E-state index in [1.165, 1.54) is 12.1 Å². The molecule has 0 saturated carbocycles. The third kappa shape index (κ3) is 2.59. The standard InChI is InChI=1S/C20H15FN2O2/c1-25-20-5-3-2-4-16(20)13-6-9-18-14(10-13)12-22-23(18)15-7-8-17(21)19(24)11-15/h2-12,24H,1H3. The number of nitrogens with zero attached hydrogens (tertiary/aromatic N) is 2. The Hall–Kier alpha value is -3.34. The van der Waals surface area contributed by atoms with Crippen LogP contribution in [0.15, 0.2) is 66.9 Å². The first kappa shape index (κ1) is 15.2. The summed E-state index contributed by atoms with van der Waals surface area (Å²) < 4.78 is 20.4. The molecule has 0 aliphatic carbocycles. The van der Waals surface area contributed by atoms with Gasteiger partial charge in [-0.25, -0.2) is 9.07 Å². The van der Waals surface area contributed by atoms with E-state index in [1.807, 2.05) is 42.5 Å². The lowest BCUT2D eigenvalue weighted by molar-refractivity contribution is 0.416. The summed E-state index contributed by atoms with van der Waals surface area (Å²) in [5, 5.41) is 14.9. The summed E-state index contributed by atoms with van der Waals surface area (Å²) in [6.07, 6.45) is 1.74. The average molecular weight is 334 g/mol. The molecule has 5 heteroatoms. The largest absolute Gasteiger partial charge is 0.505 e. The molecule has 1 aromatic heterocycles. The number of phenols is 1. The fourth-order valence-electron chi connectivity index (χ4n) is 2.92. The number of ether oxygens (including phenoxy) is 1. The van der Waals surface area contributed by atoms with Gasteiger partial charge in [0.25, 0.3) is 0 Å². The summed E-state index contributed by atoms with van der Waals surface area (Å²) >= 11 is 0. The van der Waals surface area contributed by atoms with Crippen molar-refractivity contribution in [3.05, 3.63) is 72.7 Å². The lowest BCUT2D eigenvalue weighted by Crippen LogP contribution is -1.96. The van der Waals surface area contributed by atoms with Crippen LogP contribution in [-0.4, -0.2) is 22.0 Å². The van der Waals surface area contributed by atoms with Gasteiger partial charge >= 0.3 is 0 Å². The van der Waals surface area contributed by atoms with Crippen LogP contribution in [0.2, 0.25) is 0 Å². The summed E-state index contributed by atoms with van der Waals surface area (Å²) in [7, 11) is 1.65. The minimum atomic E-state index is -0.654. The fourth-order valence-corrected chi connectivity index (χ4v) is 2.92. The molecule has 0 unspecified atom stereocenters. The molecule has 124 valence electrons. The van der Waals surface area contributed by atoms with Gasteiger partial charge in [-0.2, -0.15) is 5.10 Å². The molecule has 3 aromatic carbocycles. The normalized spacial score (nSPS) is 11.0. The molecule has 4 rings (SSSR count). The van der Waals surface area contributed by atoms with E-state index < -0.39 is 11.6 Å². The number of aromatic hydroxyl groups is 1. The smallest absolute Gasteiger partial charge is 0.164 e. The Balaban J connectivity index is 1.83. The predicted octanol–water partition coefficient (Wildman–Crippen LogP) is 4.55. The van der Waals surface area contributed by atoms with Crippen molar-refractivity contribution in [2.45, 2.75) is 0 Å². The second kappa shape index (κ2) is 5.94. The molecule has 0 fully saturated rings. The van der Waals surface area contributed by atoms with E-state index in [-0.39, 0.29) is 0 Å². The van der Waals surface area contributed by atoms with Crippen LogP contribution in [0.1, 0.15) is 0 Å². The first-order chi connectivity index (χ1) is 12.2. The number of fused-ring (bicyclic) bond motifs is 1. The van der Waals surface area contributed by atoms with Gasteiger partial charge < -0.3 is 9.84 Å². The van der Waals surface area contributed by atoms with Crippen LogP contribution in [0, 0.1) is 5.82 Å². The van der Waals surface area contributed by atoms with Crippen LogP contribution in [0.4, 0.5) is 4.39 Å². The molecule has 0 amide bonds. The van der Waals surface area contributed by atoms with Crippen LogP contribution in [0.25, 0.3) is 27.7 Å². The Morgan fingerprint density at radius 1 is 1.04 bits per heavy atom. The van der Waals surface area contributed by atoms with Gasteiger partial charge in [-0.1, -0.05) is 24.3 Å². The molecule has 0 saturated heterocycles. The van der Waals surface area contributed by atoms with Gasteiger partial charge in [0, 0.05) is 17.0 Å². The second-order valence-electron chi connectivity index (χ2n) is 5.67. The van der Waals surface area contributed by atoms with Crippen molar-refractivity contribution in [1.82, 2.24) is 9.78 Å². The van der Waals surface area contributed by atoms with Crippen molar-refractivity contribution in [3.63, 3.8) is 0 Å². The zero-order valence-corrected chi connectivity index (χ0v) is 13.5. The van der Waals surface area contributed by atoms with Crippen LogP contribution in [0.3, 0.4) is 0 Å². The van der Waals surface area contributed by atoms with Crippen molar-refractivity contribution >= 4 is 10.9 Å². The highest BCUT2D eigenvalue weighted by molar-refractivity contribution is 5.86. The minimum Gasteiger partial charge on any atom is -0.505 e. The number of halogens is 1. The van der Waals surface area contributed by atoms with Gasteiger partial charge in [0.15, 0.2) is 11.6 Å². The van der Waals surface area contributed by atoms with E-state index in [4.69, 9.17) is 4.74 Å². The number of rotatable bonds is 3. The molecule has 1 N–H and O–H groups in total. The highest BCUT2D eigenvalue weighted by atomic mass is 19.1. The maximum Gasteiger partial charge on any atom is 0.164 e. The Kier molecular flexibility index (Phi) is 3.61. The van der Waals surface area contributed by atoms with Crippen molar-refractivity contribution in [2.24, 2.45) is 0 Å². The van der Waals surface area contributed by atoms with E-state index in [2.05, 4.69) is 5.10 Å². The summed E-state index contributed by atoms with van der Waals surface area (Å²) in [6.45, 7) is 0. The molecule has 0 radical (unpaired) electrons. The van der Waals surface area contributed by atoms with Crippen LogP contribution in [-0.2, 0) is 0 Å². The van der Waals surface area contributed by atoms with Crippen molar-refractivity contribution in [2.75, 3.05) is 7.11 Å². The Bertz CT molecular complexity index is 1070. The molecule has 0 bridgehead atoms. The number of methoxy groups -OCH3 is 1. The Morgan fingerprint density at radius 3 is 2.68 bits per heavy atom. The molecule has 4 aromatic rings. The zero-order chi connectivity index (χ0) is 17.4. The van der Waals surface area contributed by atoms with E-state index in [1.54, 1.807) is 24.1 Å². The number of phenolic OH excluding ortho intramolecular Hbond substituents is 1. The number of benzene rings is 3. The zero-order valence-electron chi connectivity index (χ0n) is 13.5. The number of para-hydroxylation sites is 1. The summed E-state index contributed by atoms with van der Waals surface area (Å²) in [4.78, 5) is 0. The van der Waals surface area contributed by atoms with Crippen molar-refractivity contribution in [3.8, 4) is 28.3 Å². The van der Waals surface area contributed by atoms with E-state index >= 15 is 0 Å². The third-order valence-electron chi connectivity index (χ3n) is 4.16. The molecule has 0 atom stereocenters. The van der Waals surface area contributed by atoms with E-state index in [0.717, 1.165) is 27.8 Å². The first-order valence-corrected chi connectivity index (χ1v) is 7.77. The Morgan fingerprint density at radius 2 is 1.88 bits per heavy atom. The molecule has 1 heterocycles. The number of hydrogen-bond donors (Lipinski definition) is 1. The molecule has 25 heavy (non-hydrogen) atoms. The quantitative estimate of drug-likeness (QED) is 0.598. The SMILES string of the molecule is COc1ccccc1-c1ccc2c(cnn2-c2ccc(F)c(O)c2)c1. The van der Waals surface area contributed by atoms with Crippen molar-refractivity contribution < 1.29 is 14.2 Å². The molecular weight excluding hydrogens is 319 g/mol. The van der Waals surface area contributed by atoms with Crippen LogP contribution >= 0.6 is 0 Å². The molecule has 0 aliphatic heterocycles. The monoisotopic (exact) mass is 334 g/mol. The first-order valence-electron chi connectivity index (χ1n) is 7.77. The van der Waals surface area contributed by atoms with E-state index in [9.17, 15) is 9.50 Å². The summed E-state index contributed by atoms with van der Waals surface area (Å²) in [5.41, 5.74) is 3.48. The topological polar surface area (TPSA) is 47.3 Å². The maximum absolute atomic E-state index is 13.3. The average Bonchev–Trinajstić information content (AvgIpc) is 3.07. The van der Waals surface area contributed by atoms with Gasteiger partial charge in [-0.3, -0.25) is 0 Å². The van der Waals surface area contributed by atoms with Crippen LogP contribution < -0.4 is 4.74 Å². The molecule has 0 spiro atoms. The van der Waals surface area contributed by atoms with Gasteiger partial charge in [0.2, 0.25) is 0 Å². The van der Waals surface area contributed by atoms with Crippen LogP contribution in [0.5, 0.6) is 11.5 Å². The summed E-state index contributed by atoms with van der Waals surface area (Å²) in [5.74, 6) is -0.247. The lowest BCUT2D eigenvalue weighted by atomic mass is 10.0.